The number of para-hydroxylation sites is 2. The Morgan fingerprint density at radius 2 is 0.733 bits per heavy atom. The van der Waals surface area contributed by atoms with E-state index in [9.17, 15) is 0 Å². The molecule has 0 amide bonds. The zero-order chi connectivity index (χ0) is 39.3. The number of rotatable bonds is 4. The Balaban J connectivity index is 1.12. The third-order valence-electron chi connectivity index (χ3n) is 12.8. The van der Waals surface area contributed by atoms with Crippen molar-refractivity contribution in [2.24, 2.45) is 0 Å². The molecule has 0 aliphatic heterocycles. The van der Waals surface area contributed by atoms with E-state index in [2.05, 4.69) is 217 Å². The molecule has 0 saturated heterocycles. The molecule has 0 aliphatic rings. The second-order valence-corrected chi connectivity index (χ2v) is 18.2. The van der Waals surface area contributed by atoms with E-state index in [1.54, 1.807) is 0 Å². The molecule has 13 aromatic rings. The molecule has 0 spiro atoms. The second kappa shape index (κ2) is 13.1. The third kappa shape index (κ3) is 4.81. The maximum absolute atomic E-state index is 2.51. The molecule has 0 atom stereocenters. The summed E-state index contributed by atoms with van der Waals surface area (Å²) < 4.78 is 5.40. The fourth-order valence-electron chi connectivity index (χ4n) is 10.3. The van der Waals surface area contributed by atoms with Gasteiger partial charge in [-0.15, -0.1) is 0 Å². The monoisotopic (exact) mass is 825 g/mol. The molecule has 1 nitrogen and oxygen atoms in total. The molecule has 0 saturated carbocycles. The van der Waals surface area contributed by atoms with Crippen LogP contribution in [0.4, 0.5) is 0 Å². The zero-order valence-electron chi connectivity index (χ0n) is 32.6. The van der Waals surface area contributed by atoms with Gasteiger partial charge >= 0.3 is 355 Å². The van der Waals surface area contributed by atoms with Crippen LogP contribution in [0.3, 0.4) is 0 Å². The van der Waals surface area contributed by atoms with Gasteiger partial charge in [0.05, 0.1) is 0 Å². The van der Waals surface area contributed by atoms with Crippen LogP contribution in [0, 0.1) is 0 Å². The first kappa shape index (κ1) is 33.7. The summed E-state index contributed by atoms with van der Waals surface area (Å²) in [5, 5.41) is 15.5. The van der Waals surface area contributed by atoms with Crippen molar-refractivity contribution in [3.8, 4) is 39.1 Å². The zero-order valence-corrected chi connectivity index (χ0v) is 34.3. The Morgan fingerprint density at radius 3 is 1.28 bits per heavy atom. The van der Waals surface area contributed by atoms with E-state index in [1.807, 2.05) is 0 Å². The molecule has 13 rings (SSSR count). The van der Waals surface area contributed by atoms with Crippen molar-refractivity contribution in [3.63, 3.8) is 0 Å². The Hall–Kier alpha value is -7.22. The number of benzene rings is 11. The average Bonchev–Trinajstić information content (AvgIpc) is 3.86. The molecule has 0 aliphatic carbocycles. The van der Waals surface area contributed by atoms with Crippen molar-refractivity contribution in [3.05, 3.63) is 212 Å². The molecule has 0 radical (unpaired) electrons. The van der Waals surface area contributed by atoms with Crippen molar-refractivity contribution in [2.45, 2.75) is 0 Å². The molecule has 2 heterocycles. The van der Waals surface area contributed by atoms with Gasteiger partial charge in [-0.1, -0.05) is 0 Å². The summed E-state index contributed by atoms with van der Waals surface area (Å²) in [6.45, 7) is 0. The number of nitrogens with zero attached hydrogens (tertiary/aromatic N) is 1. The van der Waals surface area contributed by atoms with Gasteiger partial charge < -0.3 is 0 Å². The SMILES string of the molecule is c1ccc(-c2c3ccccc3c(-c3ccc4[se]c5cccc(-c6c7ccccc7c(-n7c8ccccc8c8ccccc87)c7ccccc67)c5c4c3)c3ccccc23)cc1. The molecular weight excluding hydrogens is 790 g/mol. The van der Waals surface area contributed by atoms with Crippen LogP contribution in [0.5, 0.6) is 0 Å². The van der Waals surface area contributed by atoms with E-state index in [-0.39, 0.29) is 14.5 Å². The summed E-state index contributed by atoms with van der Waals surface area (Å²) in [7, 11) is 0. The fraction of sp³-hybridized carbons (Fsp3) is 0. The Kier molecular flexibility index (Phi) is 7.39. The predicted molar refractivity (Wildman–Crippen MR) is 259 cm³/mol. The summed E-state index contributed by atoms with van der Waals surface area (Å²) >= 11 is 0.190. The van der Waals surface area contributed by atoms with Crippen molar-refractivity contribution < 1.29 is 0 Å². The van der Waals surface area contributed by atoms with E-state index >= 15 is 0 Å². The molecular formula is C58H35NSe. The molecule has 278 valence electrons. The van der Waals surface area contributed by atoms with Crippen LogP contribution >= 0.6 is 0 Å². The van der Waals surface area contributed by atoms with Crippen LogP contribution in [0.25, 0.3) is 123 Å². The van der Waals surface area contributed by atoms with Gasteiger partial charge in [-0.3, -0.25) is 0 Å². The van der Waals surface area contributed by atoms with E-state index in [0.29, 0.717) is 0 Å². The normalized spacial score (nSPS) is 12.0. The Labute approximate surface area is 352 Å². The average molecular weight is 825 g/mol. The molecule has 60 heavy (non-hydrogen) atoms. The molecule has 0 unspecified atom stereocenters. The van der Waals surface area contributed by atoms with Gasteiger partial charge in [0.1, 0.15) is 0 Å². The van der Waals surface area contributed by atoms with Crippen LogP contribution in [0.15, 0.2) is 212 Å². The van der Waals surface area contributed by atoms with Gasteiger partial charge in [-0.05, 0) is 0 Å². The summed E-state index contributed by atoms with van der Waals surface area (Å²) in [6.07, 6.45) is 0. The van der Waals surface area contributed by atoms with Crippen LogP contribution in [-0.2, 0) is 0 Å². The predicted octanol–water partition coefficient (Wildman–Crippen LogP) is 15.8. The molecule has 0 fully saturated rings. The molecule has 11 aromatic carbocycles. The van der Waals surface area contributed by atoms with Gasteiger partial charge in [0.2, 0.25) is 0 Å². The van der Waals surface area contributed by atoms with Gasteiger partial charge in [-0.2, -0.15) is 0 Å². The van der Waals surface area contributed by atoms with Crippen molar-refractivity contribution in [1.29, 1.82) is 0 Å². The minimum absolute atomic E-state index is 0.190. The molecule has 2 heteroatoms. The summed E-state index contributed by atoms with van der Waals surface area (Å²) in [5.74, 6) is 0. The number of aromatic nitrogens is 1. The van der Waals surface area contributed by atoms with Crippen LogP contribution in [0.1, 0.15) is 0 Å². The summed E-state index contributed by atoms with van der Waals surface area (Å²) in [5.41, 5.74) is 11.4. The fourth-order valence-corrected chi connectivity index (χ4v) is 12.7. The number of hydrogen-bond donors (Lipinski definition) is 0. The van der Waals surface area contributed by atoms with E-state index in [0.717, 1.165) is 0 Å². The van der Waals surface area contributed by atoms with Crippen LogP contribution in [0.2, 0.25) is 0 Å². The van der Waals surface area contributed by atoms with Gasteiger partial charge in [0, 0.05) is 0 Å². The first-order chi connectivity index (χ1) is 29.8. The van der Waals surface area contributed by atoms with E-state index < -0.39 is 0 Å². The van der Waals surface area contributed by atoms with Crippen LogP contribution < -0.4 is 0 Å². The van der Waals surface area contributed by atoms with E-state index in [1.165, 1.54) is 123 Å². The van der Waals surface area contributed by atoms with Crippen molar-refractivity contribution >= 4 is 98.7 Å². The third-order valence-corrected chi connectivity index (χ3v) is 15.1. The summed E-state index contributed by atoms with van der Waals surface area (Å²) in [6, 6.07) is 79.1. The minimum atomic E-state index is 0.190. The maximum atomic E-state index is 2.51. The van der Waals surface area contributed by atoms with E-state index in [4.69, 9.17) is 0 Å². The second-order valence-electron chi connectivity index (χ2n) is 15.9. The molecule has 0 bridgehead atoms. The van der Waals surface area contributed by atoms with Gasteiger partial charge in [0.25, 0.3) is 0 Å². The van der Waals surface area contributed by atoms with Gasteiger partial charge in [0.15, 0.2) is 0 Å². The first-order valence-electron chi connectivity index (χ1n) is 20.7. The standard InChI is InChI=1S/C58H35NSe/c1-2-17-36(18-3-1)54-40-21-4-6-23-42(40)55(43-24-7-5-22-41(43)54)37-33-34-52-49(35-37)57-48(29-16-32-53(57)60-52)56-44-25-8-10-27-46(44)58(47-28-11-9-26-45(47)56)59-50-30-14-12-19-38(50)39-20-13-15-31-51(39)59/h1-35H. The van der Waals surface area contributed by atoms with Crippen molar-refractivity contribution in [2.75, 3.05) is 0 Å². The number of hydrogen-bond acceptors (Lipinski definition) is 0. The molecule has 0 N–H and O–H groups in total. The molecule has 2 aromatic heterocycles. The number of fused-ring (bicyclic) bond motifs is 10. The van der Waals surface area contributed by atoms with Crippen molar-refractivity contribution in [1.82, 2.24) is 4.57 Å². The Bertz CT molecular complexity index is 3720. The topological polar surface area (TPSA) is 4.93 Å². The van der Waals surface area contributed by atoms with Crippen LogP contribution in [-0.4, -0.2) is 19.1 Å². The Morgan fingerprint density at radius 1 is 0.283 bits per heavy atom. The quantitative estimate of drug-likeness (QED) is 0.123. The van der Waals surface area contributed by atoms with Gasteiger partial charge in [-0.25, -0.2) is 0 Å². The summed E-state index contributed by atoms with van der Waals surface area (Å²) in [4.78, 5) is 0. The first-order valence-corrected chi connectivity index (χ1v) is 22.4.